The Morgan fingerprint density at radius 2 is 1.20 bits per heavy atom. The molecule has 5 rings (SSSR count). The molecule has 2 aromatic carbocycles. The second-order valence-corrected chi connectivity index (χ2v) is 6.87. The van der Waals surface area contributed by atoms with Crippen LogP contribution in [-0.4, -0.2) is 0 Å². The average molecular weight is 260 g/mol. The van der Waals surface area contributed by atoms with Crippen LogP contribution in [0.1, 0.15) is 43.2 Å². The van der Waals surface area contributed by atoms with Crippen molar-refractivity contribution in [2.75, 3.05) is 0 Å². The minimum Gasteiger partial charge on any atom is -0.0619 e. The van der Waals surface area contributed by atoms with Gasteiger partial charge in [-0.25, -0.2) is 0 Å². The maximum absolute atomic E-state index is 2.42. The summed E-state index contributed by atoms with van der Waals surface area (Å²) in [5.74, 6) is 1.78. The van der Waals surface area contributed by atoms with Crippen molar-refractivity contribution >= 4 is 0 Å². The van der Waals surface area contributed by atoms with Crippen molar-refractivity contribution < 1.29 is 0 Å². The quantitative estimate of drug-likeness (QED) is 0.613. The van der Waals surface area contributed by atoms with Gasteiger partial charge in [0.05, 0.1) is 0 Å². The third-order valence-corrected chi connectivity index (χ3v) is 6.25. The highest BCUT2D eigenvalue weighted by molar-refractivity contribution is 5.82. The van der Waals surface area contributed by atoms with E-state index in [1.165, 1.54) is 43.2 Å². The van der Waals surface area contributed by atoms with Crippen LogP contribution < -0.4 is 0 Å². The van der Waals surface area contributed by atoms with E-state index in [4.69, 9.17) is 0 Å². The highest BCUT2D eigenvalue weighted by atomic mass is 14.6. The van der Waals surface area contributed by atoms with Crippen LogP contribution in [0.15, 0.2) is 48.5 Å². The van der Waals surface area contributed by atoms with Crippen molar-refractivity contribution in [1.82, 2.24) is 0 Å². The first-order valence-corrected chi connectivity index (χ1v) is 8.12. The number of benzene rings is 2. The van der Waals surface area contributed by atoms with E-state index in [2.05, 4.69) is 48.5 Å². The van der Waals surface area contributed by atoms with Gasteiger partial charge in [0.25, 0.3) is 0 Å². The summed E-state index contributed by atoms with van der Waals surface area (Å²) in [6.45, 7) is 0. The second kappa shape index (κ2) is 3.75. The lowest BCUT2D eigenvalue weighted by atomic mass is 9.48. The molecule has 0 heterocycles. The third-order valence-electron chi connectivity index (χ3n) is 6.25. The smallest absolute Gasteiger partial charge is 0.0271 e. The predicted octanol–water partition coefficient (Wildman–Crippen LogP) is 5.16. The first kappa shape index (κ1) is 11.1. The van der Waals surface area contributed by atoms with Crippen LogP contribution in [0.3, 0.4) is 0 Å². The maximum Gasteiger partial charge on any atom is 0.0271 e. The van der Waals surface area contributed by atoms with Crippen molar-refractivity contribution in [1.29, 1.82) is 0 Å². The van der Waals surface area contributed by atoms with Gasteiger partial charge in [0.2, 0.25) is 0 Å². The SMILES string of the molecule is c1ccc2c(c1)-c1ccccc1C21C2CCCCC1C2. The lowest BCUT2D eigenvalue weighted by Gasteiger charge is -2.55. The molecular weight excluding hydrogens is 240 g/mol. The molecule has 2 unspecified atom stereocenters. The molecule has 0 saturated heterocycles. The summed E-state index contributed by atoms with van der Waals surface area (Å²) < 4.78 is 0. The topological polar surface area (TPSA) is 0 Å². The van der Waals surface area contributed by atoms with E-state index in [9.17, 15) is 0 Å². The predicted molar refractivity (Wildman–Crippen MR) is 82.7 cm³/mol. The van der Waals surface area contributed by atoms with Crippen molar-refractivity contribution in [3.05, 3.63) is 59.7 Å². The van der Waals surface area contributed by atoms with Gasteiger partial charge in [-0.15, -0.1) is 0 Å². The van der Waals surface area contributed by atoms with Gasteiger partial charge in [-0.1, -0.05) is 61.4 Å². The highest BCUT2D eigenvalue weighted by Gasteiger charge is 2.60. The molecule has 2 bridgehead atoms. The van der Waals surface area contributed by atoms with Crippen molar-refractivity contribution in [3.63, 3.8) is 0 Å². The fourth-order valence-corrected chi connectivity index (χ4v) is 5.54. The largest absolute Gasteiger partial charge is 0.0619 e. The summed E-state index contributed by atoms with van der Waals surface area (Å²) in [5.41, 5.74) is 6.69. The van der Waals surface area contributed by atoms with Crippen LogP contribution in [0.5, 0.6) is 0 Å². The summed E-state index contributed by atoms with van der Waals surface area (Å²) in [5, 5.41) is 0. The molecule has 100 valence electrons. The summed E-state index contributed by atoms with van der Waals surface area (Å²) in [6.07, 6.45) is 7.20. The molecule has 0 radical (unpaired) electrons. The van der Waals surface area contributed by atoms with Crippen LogP contribution in [0.4, 0.5) is 0 Å². The Labute approximate surface area is 120 Å². The Hall–Kier alpha value is -1.56. The third kappa shape index (κ3) is 1.11. The number of hydrogen-bond donors (Lipinski definition) is 0. The van der Waals surface area contributed by atoms with Gasteiger partial charge < -0.3 is 0 Å². The van der Waals surface area contributed by atoms with E-state index < -0.39 is 0 Å². The van der Waals surface area contributed by atoms with E-state index in [0.29, 0.717) is 5.41 Å². The number of rotatable bonds is 0. The Bertz CT molecular complexity index is 618. The molecule has 20 heavy (non-hydrogen) atoms. The van der Waals surface area contributed by atoms with Crippen LogP contribution in [0.2, 0.25) is 0 Å². The van der Waals surface area contributed by atoms with Crippen molar-refractivity contribution in [2.24, 2.45) is 11.8 Å². The van der Waals surface area contributed by atoms with E-state index in [1.807, 2.05) is 0 Å². The molecule has 3 aliphatic rings. The normalized spacial score (nSPS) is 28.4. The molecule has 2 saturated carbocycles. The van der Waals surface area contributed by atoms with E-state index in [0.717, 1.165) is 11.8 Å². The summed E-state index contributed by atoms with van der Waals surface area (Å²) in [6, 6.07) is 18.4. The van der Waals surface area contributed by atoms with Gasteiger partial charge >= 0.3 is 0 Å². The molecule has 1 spiro atoms. The monoisotopic (exact) mass is 260 g/mol. The second-order valence-electron chi connectivity index (χ2n) is 6.87. The fraction of sp³-hybridized carbons (Fsp3) is 0.400. The molecule has 2 atom stereocenters. The Kier molecular flexibility index (Phi) is 2.09. The van der Waals surface area contributed by atoms with Gasteiger partial charge in [-0.3, -0.25) is 0 Å². The summed E-state index contributed by atoms with van der Waals surface area (Å²) in [4.78, 5) is 0. The zero-order valence-electron chi connectivity index (χ0n) is 11.8. The fourth-order valence-electron chi connectivity index (χ4n) is 5.54. The Morgan fingerprint density at radius 3 is 1.75 bits per heavy atom. The van der Waals surface area contributed by atoms with Crippen LogP contribution in [0.25, 0.3) is 11.1 Å². The molecule has 0 N–H and O–H groups in total. The zero-order valence-corrected chi connectivity index (χ0v) is 11.8. The maximum atomic E-state index is 2.42. The van der Waals surface area contributed by atoms with E-state index in [1.54, 1.807) is 11.1 Å². The first-order chi connectivity index (χ1) is 9.92. The molecule has 3 aliphatic carbocycles. The summed E-state index contributed by atoms with van der Waals surface area (Å²) >= 11 is 0. The zero-order chi connectivity index (χ0) is 13.2. The van der Waals surface area contributed by atoms with Gasteiger partial charge in [0, 0.05) is 5.41 Å². The Morgan fingerprint density at radius 1 is 0.700 bits per heavy atom. The number of fused-ring (bicyclic) bond motifs is 3. The standard InChI is InChI=1S/C20H20/c1-2-8-15-13-14(7-1)20(15)18-11-5-3-9-16(18)17-10-4-6-12-19(17)20/h3-6,9-12,14-15H,1-2,7-8,13H2. The van der Waals surface area contributed by atoms with Crippen molar-refractivity contribution in [3.8, 4) is 11.1 Å². The van der Waals surface area contributed by atoms with Gasteiger partial charge in [0.1, 0.15) is 0 Å². The van der Waals surface area contributed by atoms with Crippen LogP contribution in [0, 0.1) is 11.8 Å². The van der Waals surface area contributed by atoms with Gasteiger partial charge in [-0.05, 0) is 53.4 Å². The molecule has 0 amide bonds. The minimum atomic E-state index is 0.379. The summed E-state index contributed by atoms with van der Waals surface area (Å²) in [7, 11) is 0. The molecule has 0 nitrogen and oxygen atoms in total. The van der Waals surface area contributed by atoms with Gasteiger partial charge in [-0.2, -0.15) is 0 Å². The molecule has 0 aromatic heterocycles. The average Bonchev–Trinajstić information content (AvgIpc) is 2.67. The van der Waals surface area contributed by atoms with E-state index >= 15 is 0 Å². The van der Waals surface area contributed by atoms with Crippen molar-refractivity contribution in [2.45, 2.75) is 37.5 Å². The first-order valence-electron chi connectivity index (χ1n) is 8.12. The Balaban J connectivity index is 1.85. The molecule has 0 aliphatic heterocycles. The molecule has 2 aromatic rings. The molecule has 0 heteroatoms. The molecular formula is C20H20. The van der Waals surface area contributed by atoms with Gasteiger partial charge in [0.15, 0.2) is 0 Å². The lowest BCUT2D eigenvalue weighted by molar-refractivity contribution is 0.0699. The lowest BCUT2D eigenvalue weighted by Crippen LogP contribution is -2.51. The molecule has 2 fully saturated rings. The van der Waals surface area contributed by atoms with Crippen LogP contribution in [-0.2, 0) is 5.41 Å². The number of hydrogen-bond acceptors (Lipinski definition) is 0. The van der Waals surface area contributed by atoms with E-state index in [-0.39, 0.29) is 0 Å². The minimum absolute atomic E-state index is 0.379. The highest BCUT2D eigenvalue weighted by Crippen LogP contribution is 2.67. The van der Waals surface area contributed by atoms with Crippen LogP contribution >= 0.6 is 0 Å².